The molecule has 0 heterocycles. The predicted molar refractivity (Wildman–Crippen MR) is 79.6 cm³/mol. The lowest BCUT2D eigenvalue weighted by atomic mass is 9.96. The van der Waals surface area contributed by atoms with Crippen LogP contribution in [0.1, 0.15) is 30.7 Å². The van der Waals surface area contributed by atoms with Gasteiger partial charge in [-0.15, -0.1) is 0 Å². The highest BCUT2D eigenvalue weighted by molar-refractivity contribution is 5.76. The summed E-state index contributed by atoms with van der Waals surface area (Å²) in [6.07, 6.45) is 3.48. The number of carbonyl (C=O) groups is 1. The van der Waals surface area contributed by atoms with E-state index in [1.807, 2.05) is 37.4 Å². The Bertz CT molecular complexity index is 435. The molecule has 1 aliphatic rings. The SMILES string of the molecule is CN(CC(C(=O)O)c1ccccc1)C1CCCC1CN. The highest BCUT2D eigenvalue weighted by Gasteiger charge is 2.32. The first kappa shape index (κ1) is 15.0. The van der Waals surface area contributed by atoms with Gasteiger partial charge in [-0.25, -0.2) is 0 Å². The Hall–Kier alpha value is -1.39. The van der Waals surface area contributed by atoms with Crippen molar-refractivity contribution in [3.63, 3.8) is 0 Å². The molecular weight excluding hydrogens is 252 g/mol. The summed E-state index contributed by atoms with van der Waals surface area (Å²) in [6, 6.07) is 9.90. The summed E-state index contributed by atoms with van der Waals surface area (Å²) < 4.78 is 0. The Morgan fingerprint density at radius 3 is 2.70 bits per heavy atom. The van der Waals surface area contributed by atoms with Crippen LogP contribution >= 0.6 is 0 Å². The molecule has 1 aromatic carbocycles. The maximum absolute atomic E-state index is 11.6. The van der Waals surface area contributed by atoms with Gasteiger partial charge in [-0.2, -0.15) is 0 Å². The maximum atomic E-state index is 11.6. The molecule has 0 spiro atoms. The van der Waals surface area contributed by atoms with E-state index in [0.717, 1.165) is 18.4 Å². The number of nitrogens with zero attached hydrogens (tertiary/aromatic N) is 1. The van der Waals surface area contributed by atoms with Crippen molar-refractivity contribution in [1.29, 1.82) is 0 Å². The van der Waals surface area contributed by atoms with E-state index in [0.29, 0.717) is 25.0 Å². The first-order valence-corrected chi connectivity index (χ1v) is 7.31. The molecule has 20 heavy (non-hydrogen) atoms. The van der Waals surface area contributed by atoms with Crippen molar-refractivity contribution in [3.05, 3.63) is 35.9 Å². The lowest BCUT2D eigenvalue weighted by Crippen LogP contribution is -2.41. The molecule has 1 aliphatic carbocycles. The fourth-order valence-electron chi connectivity index (χ4n) is 3.31. The average molecular weight is 276 g/mol. The van der Waals surface area contributed by atoms with Crippen LogP contribution in [0.4, 0.5) is 0 Å². The van der Waals surface area contributed by atoms with Crippen LogP contribution in [0, 0.1) is 5.92 Å². The Kier molecular flexibility index (Phi) is 5.15. The van der Waals surface area contributed by atoms with Gasteiger partial charge < -0.3 is 15.7 Å². The third-order valence-corrected chi connectivity index (χ3v) is 4.46. The quantitative estimate of drug-likeness (QED) is 0.833. The fraction of sp³-hybridized carbons (Fsp3) is 0.562. The summed E-state index contributed by atoms with van der Waals surface area (Å²) in [4.78, 5) is 13.7. The van der Waals surface area contributed by atoms with Gasteiger partial charge in [0.05, 0.1) is 5.92 Å². The molecule has 4 nitrogen and oxygen atoms in total. The second kappa shape index (κ2) is 6.86. The zero-order valence-electron chi connectivity index (χ0n) is 12.0. The van der Waals surface area contributed by atoms with Gasteiger partial charge in [-0.3, -0.25) is 4.79 Å². The minimum Gasteiger partial charge on any atom is -0.481 e. The summed E-state index contributed by atoms with van der Waals surface area (Å²) in [5.41, 5.74) is 6.69. The molecule has 0 aromatic heterocycles. The molecule has 1 saturated carbocycles. The Morgan fingerprint density at radius 1 is 1.40 bits per heavy atom. The Morgan fingerprint density at radius 2 is 2.10 bits per heavy atom. The molecule has 110 valence electrons. The smallest absolute Gasteiger partial charge is 0.312 e. The van der Waals surface area contributed by atoms with E-state index in [-0.39, 0.29) is 0 Å². The Balaban J connectivity index is 2.07. The molecule has 4 heteroatoms. The van der Waals surface area contributed by atoms with E-state index in [2.05, 4.69) is 4.90 Å². The van der Waals surface area contributed by atoms with Gasteiger partial charge in [0.15, 0.2) is 0 Å². The van der Waals surface area contributed by atoms with Crippen molar-refractivity contribution < 1.29 is 9.90 Å². The van der Waals surface area contributed by atoms with E-state index in [4.69, 9.17) is 5.73 Å². The van der Waals surface area contributed by atoms with Gasteiger partial charge >= 0.3 is 5.97 Å². The average Bonchev–Trinajstić information content (AvgIpc) is 2.93. The molecule has 1 aromatic rings. The molecule has 0 bridgehead atoms. The van der Waals surface area contributed by atoms with Gasteiger partial charge in [0.25, 0.3) is 0 Å². The number of likely N-dealkylation sites (N-methyl/N-ethyl adjacent to an activating group) is 1. The molecule has 3 unspecified atom stereocenters. The van der Waals surface area contributed by atoms with Crippen LogP contribution in [-0.2, 0) is 4.79 Å². The standard InChI is InChI=1S/C16H24N2O2/c1-18(15-9-5-8-13(15)10-17)11-14(16(19)20)12-6-3-2-4-7-12/h2-4,6-7,13-15H,5,8-11,17H2,1H3,(H,19,20). The van der Waals surface area contributed by atoms with Gasteiger partial charge in [-0.05, 0) is 37.9 Å². The number of rotatable bonds is 6. The fourth-order valence-corrected chi connectivity index (χ4v) is 3.31. The van der Waals surface area contributed by atoms with E-state index in [9.17, 15) is 9.90 Å². The normalized spacial score (nSPS) is 23.9. The summed E-state index contributed by atoms with van der Waals surface area (Å²) in [7, 11) is 2.03. The minimum absolute atomic E-state index is 0.422. The monoisotopic (exact) mass is 276 g/mol. The minimum atomic E-state index is -0.759. The van der Waals surface area contributed by atoms with Crippen LogP contribution in [-0.4, -0.2) is 42.2 Å². The van der Waals surface area contributed by atoms with Crippen LogP contribution in [0.5, 0.6) is 0 Å². The summed E-state index contributed by atoms with van der Waals surface area (Å²) in [5.74, 6) is -0.726. The van der Waals surface area contributed by atoms with Crippen LogP contribution in [0.15, 0.2) is 30.3 Å². The number of nitrogens with two attached hydrogens (primary N) is 1. The first-order chi connectivity index (χ1) is 9.63. The number of benzene rings is 1. The molecule has 0 aliphatic heterocycles. The number of carboxylic acid groups (broad SMARTS) is 1. The van der Waals surface area contributed by atoms with Gasteiger partial charge in [0.1, 0.15) is 0 Å². The molecule has 0 amide bonds. The van der Waals surface area contributed by atoms with Crippen LogP contribution in [0.2, 0.25) is 0 Å². The van der Waals surface area contributed by atoms with Crippen LogP contribution in [0.25, 0.3) is 0 Å². The summed E-state index contributed by atoms with van der Waals surface area (Å²) >= 11 is 0. The van der Waals surface area contributed by atoms with Crippen molar-refractivity contribution in [2.75, 3.05) is 20.1 Å². The van der Waals surface area contributed by atoms with Crippen molar-refractivity contribution >= 4 is 5.97 Å². The van der Waals surface area contributed by atoms with Crippen molar-refractivity contribution in [3.8, 4) is 0 Å². The third-order valence-electron chi connectivity index (χ3n) is 4.46. The van der Waals surface area contributed by atoms with Crippen LogP contribution in [0.3, 0.4) is 0 Å². The van der Waals surface area contributed by atoms with Gasteiger partial charge in [0.2, 0.25) is 0 Å². The van der Waals surface area contributed by atoms with E-state index < -0.39 is 11.9 Å². The van der Waals surface area contributed by atoms with Gasteiger partial charge in [-0.1, -0.05) is 36.8 Å². The number of hydrogen-bond donors (Lipinski definition) is 2. The lowest BCUT2D eigenvalue weighted by Gasteiger charge is -2.31. The van der Waals surface area contributed by atoms with Gasteiger partial charge in [0, 0.05) is 12.6 Å². The number of carboxylic acids is 1. The largest absolute Gasteiger partial charge is 0.481 e. The molecule has 2 rings (SSSR count). The highest BCUT2D eigenvalue weighted by Crippen LogP contribution is 2.30. The number of aliphatic carboxylic acids is 1. The topological polar surface area (TPSA) is 66.6 Å². The second-order valence-electron chi connectivity index (χ2n) is 5.74. The second-order valence-corrected chi connectivity index (χ2v) is 5.74. The summed E-state index contributed by atoms with van der Waals surface area (Å²) in [5, 5.41) is 9.49. The Labute approximate surface area is 120 Å². The molecule has 3 N–H and O–H groups in total. The lowest BCUT2D eigenvalue weighted by molar-refractivity contribution is -0.139. The summed E-state index contributed by atoms with van der Waals surface area (Å²) in [6.45, 7) is 1.23. The zero-order chi connectivity index (χ0) is 14.5. The highest BCUT2D eigenvalue weighted by atomic mass is 16.4. The zero-order valence-corrected chi connectivity index (χ0v) is 12.0. The van der Waals surface area contributed by atoms with Crippen LogP contribution < -0.4 is 5.73 Å². The molecule has 1 fully saturated rings. The molecule has 0 radical (unpaired) electrons. The maximum Gasteiger partial charge on any atom is 0.312 e. The van der Waals surface area contributed by atoms with Crippen molar-refractivity contribution in [1.82, 2.24) is 4.90 Å². The first-order valence-electron chi connectivity index (χ1n) is 7.31. The third kappa shape index (κ3) is 3.38. The predicted octanol–water partition coefficient (Wildman–Crippen LogP) is 1.91. The van der Waals surface area contributed by atoms with E-state index in [1.54, 1.807) is 0 Å². The van der Waals surface area contributed by atoms with E-state index >= 15 is 0 Å². The molecular formula is C16H24N2O2. The molecule has 3 atom stereocenters. The van der Waals surface area contributed by atoms with Crippen molar-refractivity contribution in [2.24, 2.45) is 11.7 Å². The molecule has 0 saturated heterocycles. The number of hydrogen-bond acceptors (Lipinski definition) is 3. The van der Waals surface area contributed by atoms with E-state index in [1.165, 1.54) is 6.42 Å². The van der Waals surface area contributed by atoms with Crippen molar-refractivity contribution in [2.45, 2.75) is 31.2 Å².